The second kappa shape index (κ2) is 10.4. The quantitative estimate of drug-likeness (QED) is 0.536. The van der Waals surface area contributed by atoms with E-state index in [0.717, 1.165) is 22.5 Å². The van der Waals surface area contributed by atoms with E-state index in [2.05, 4.69) is 53.6 Å². The summed E-state index contributed by atoms with van der Waals surface area (Å²) in [5.41, 5.74) is 4.23. The molecule has 1 unspecified atom stereocenters. The smallest absolute Gasteiger partial charge is 0.146 e. The van der Waals surface area contributed by atoms with Gasteiger partial charge in [-0.25, -0.2) is 4.99 Å². The molecular formula is C23H26ClN3. The van der Waals surface area contributed by atoms with Crippen molar-refractivity contribution >= 4 is 41.0 Å². The van der Waals surface area contributed by atoms with Crippen molar-refractivity contribution in [2.75, 3.05) is 10.6 Å². The number of nitrogens with zero attached hydrogens (tertiary/aromatic N) is 1. The second-order valence-electron chi connectivity index (χ2n) is 6.05. The standard InChI is InChI=1S/C20H20ClN3.C3H6/c1-3-19(21)20-23-14(2)22-17-8-4-6-15(12-17)10-11-16-7-5-9-18(13-16)24-20;1-3-2/h3-14,22H,1-2H3,(H,23,24);3H,1H2,2H3/b11-10-,19-3+;. The molecule has 0 amide bonds. The average Bonchev–Trinajstić information content (AvgIpc) is 2.66. The van der Waals surface area contributed by atoms with Gasteiger partial charge < -0.3 is 10.6 Å². The molecule has 2 aromatic carbocycles. The Bertz CT molecular complexity index is 865. The molecule has 0 saturated heterocycles. The van der Waals surface area contributed by atoms with E-state index in [0.29, 0.717) is 10.9 Å². The third-order valence-electron chi connectivity index (χ3n) is 3.68. The molecule has 27 heavy (non-hydrogen) atoms. The summed E-state index contributed by atoms with van der Waals surface area (Å²) >= 11 is 6.34. The molecule has 2 N–H and O–H groups in total. The molecule has 0 fully saturated rings. The molecule has 2 aromatic rings. The number of fused-ring (bicyclic) bond motifs is 4. The van der Waals surface area contributed by atoms with Crippen molar-refractivity contribution in [3.63, 3.8) is 0 Å². The fourth-order valence-corrected chi connectivity index (χ4v) is 2.63. The lowest BCUT2D eigenvalue weighted by atomic mass is 10.1. The highest BCUT2D eigenvalue weighted by Crippen LogP contribution is 2.19. The lowest BCUT2D eigenvalue weighted by Gasteiger charge is -2.15. The van der Waals surface area contributed by atoms with Crippen molar-refractivity contribution in [3.05, 3.63) is 83.4 Å². The molecule has 0 aromatic heterocycles. The van der Waals surface area contributed by atoms with Crippen LogP contribution in [0.4, 0.5) is 11.4 Å². The fourth-order valence-electron chi connectivity index (χ4n) is 2.54. The van der Waals surface area contributed by atoms with Crippen LogP contribution >= 0.6 is 11.6 Å². The summed E-state index contributed by atoms with van der Waals surface area (Å²) in [6, 6.07) is 16.4. The van der Waals surface area contributed by atoms with Crippen LogP contribution in [0.25, 0.3) is 12.2 Å². The van der Waals surface area contributed by atoms with Gasteiger partial charge in [0, 0.05) is 11.4 Å². The Morgan fingerprint density at radius 2 is 1.59 bits per heavy atom. The number of amidine groups is 1. The summed E-state index contributed by atoms with van der Waals surface area (Å²) < 4.78 is 0. The first kappa shape index (κ1) is 20.5. The number of halogens is 1. The van der Waals surface area contributed by atoms with E-state index in [1.165, 1.54) is 0 Å². The minimum Gasteiger partial charge on any atom is -0.364 e. The van der Waals surface area contributed by atoms with Crippen LogP contribution in [0.2, 0.25) is 0 Å². The second-order valence-corrected chi connectivity index (χ2v) is 6.46. The molecule has 1 aliphatic heterocycles. The monoisotopic (exact) mass is 379 g/mol. The molecule has 0 spiro atoms. The predicted octanol–water partition coefficient (Wildman–Crippen LogP) is 6.77. The Balaban J connectivity index is 0.000000817. The van der Waals surface area contributed by atoms with Gasteiger partial charge in [0.1, 0.15) is 12.0 Å². The van der Waals surface area contributed by atoms with Gasteiger partial charge in [-0.15, -0.1) is 6.58 Å². The topological polar surface area (TPSA) is 36.4 Å². The van der Waals surface area contributed by atoms with Crippen LogP contribution in [0.15, 0.2) is 77.3 Å². The van der Waals surface area contributed by atoms with Crippen LogP contribution in [0.3, 0.4) is 0 Å². The van der Waals surface area contributed by atoms with Crippen LogP contribution < -0.4 is 10.6 Å². The molecule has 1 atom stereocenters. The number of nitrogens with one attached hydrogen (secondary N) is 2. The maximum Gasteiger partial charge on any atom is 0.146 e. The molecule has 140 valence electrons. The van der Waals surface area contributed by atoms with Crippen LogP contribution in [-0.2, 0) is 0 Å². The molecule has 4 bridgehead atoms. The fraction of sp³-hybridized carbons (Fsp3) is 0.174. The SMILES string of the molecule is C/C=C(Cl)\C1=N/C(C)Nc2cccc(c2)/C=C\c2cccc(c2)N1.C=CC. The zero-order valence-corrected chi connectivity index (χ0v) is 16.8. The van der Waals surface area contributed by atoms with Gasteiger partial charge in [-0.05, 0) is 56.2 Å². The first-order chi connectivity index (χ1) is 13.0. The van der Waals surface area contributed by atoms with Crippen LogP contribution in [0.1, 0.15) is 31.9 Å². The highest BCUT2D eigenvalue weighted by Gasteiger charge is 2.09. The average molecular weight is 380 g/mol. The first-order valence-corrected chi connectivity index (χ1v) is 9.32. The highest BCUT2D eigenvalue weighted by atomic mass is 35.5. The third-order valence-corrected chi connectivity index (χ3v) is 4.08. The van der Waals surface area contributed by atoms with Crippen molar-refractivity contribution in [2.45, 2.75) is 26.9 Å². The van der Waals surface area contributed by atoms with Crippen LogP contribution in [-0.4, -0.2) is 12.0 Å². The maximum atomic E-state index is 6.34. The lowest BCUT2D eigenvalue weighted by molar-refractivity contribution is 0.853. The zero-order valence-electron chi connectivity index (χ0n) is 16.0. The molecule has 0 aliphatic carbocycles. The van der Waals surface area contributed by atoms with E-state index in [1.54, 1.807) is 6.08 Å². The lowest BCUT2D eigenvalue weighted by Crippen LogP contribution is -2.20. The summed E-state index contributed by atoms with van der Waals surface area (Å²) in [6.45, 7) is 9.15. The van der Waals surface area contributed by atoms with E-state index in [9.17, 15) is 0 Å². The van der Waals surface area contributed by atoms with Gasteiger partial charge in [-0.1, -0.05) is 60.2 Å². The number of hydrogen-bond donors (Lipinski definition) is 2. The minimum atomic E-state index is -0.121. The van der Waals surface area contributed by atoms with E-state index in [4.69, 9.17) is 16.6 Å². The number of benzene rings is 2. The third kappa shape index (κ3) is 6.46. The van der Waals surface area contributed by atoms with Crippen LogP contribution in [0.5, 0.6) is 0 Å². The van der Waals surface area contributed by atoms with Gasteiger partial charge in [0.05, 0.1) is 5.03 Å². The molecule has 3 rings (SSSR count). The minimum absolute atomic E-state index is 0.121. The van der Waals surface area contributed by atoms with E-state index in [1.807, 2.05) is 51.1 Å². The Hall–Kier alpha value is -2.78. The predicted molar refractivity (Wildman–Crippen MR) is 121 cm³/mol. The first-order valence-electron chi connectivity index (χ1n) is 8.94. The Kier molecular flexibility index (Phi) is 7.90. The molecule has 1 aliphatic rings. The number of rotatable bonds is 1. The van der Waals surface area contributed by atoms with Gasteiger partial charge in [-0.2, -0.15) is 0 Å². The maximum absolute atomic E-state index is 6.34. The normalized spacial score (nSPS) is 19.2. The summed E-state index contributed by atoms with van der Waals surface area (Å²) in [4.78, 5) is 4.69. The Labute approximate surface area is 167 Å². The number of allylic oxidation sites excluding steroid dienone is 2. The van der Waals surface area contributed by atoms with Gasteiger partial charge in [0.25, 0.3) is 0 Å². The van der Waals surface area contributed by atoms with Crippen molar-refractivity contribution in [3.8, 4) is 0 Å². The van der Waals surface area contributed by atoms with Gasteiger partial charge in [-0.3, -0.25) is 0 Å². The number of anilines is 2. The van der Waals surface area contributed by atoms with E-state index >= 15 is 0 Å². The van der Waals surface area contributed by atoms with Crippen molar-refractivity contribution < 1.29 is 0 Å². The summed E-state index contributed by atoms with van der Waals surface area (Å²) in [5, 5.41) is 7.30. The number of aliphatic imine (C=N–C) groups is 1. The Morgan fingerprint density at radius 1 is 1.04 bits per heavy atom. The van der Waals surface area contributed by atoms with Crippen LogP contribution in [0, 0.1) is 0 Å². The Morgan fingerprint density at radius 3 is 2.19 bits per heavy atom. The molecule has 1 heterocycles. The summed E-state index contributed by atoms with van der Waals surface area (Å²) in [6.07, 6.45) is 7.67. The molecule has 3 nitrogen and oxygen atoms in total. The van der Waals surface area contributed by atoms with Gasteiger partial charge >= 0.3 is 0 Å². The van der Waals surface area contributed by atoms with Gasteiger partial charge in [0.15, 0.2) is 0 Å². The number of hydrogen-bond acceptors (Lipinski definition) is 3. The summed E-state index contributed by atoms with van der Waals surface area (Å²) in [7, 11) is 0. The van der Waals surface area contributed by atoms with E-state index < -0.39 is 0 Å². The molecule has 0 radical (unpaired) electrons. The van der Waals surface area contributed by atoms with Crippen molar-refractivity contribution in [1.82, 2.24) is 0 Å². The largest absolute Gasteiger partial charge is 0.364 e. The van der Waals surface area contributed by atoms with Gasteiger partial charge in [0.2, 0.25) is 0 Å². The summed E-state index contributed by atoms with van der Waals surface area (Å²) in [5.74, 6) is 0.649. The van der Waals surface area contributed by atoms with E-state index in [-0.39, 0.29) is 6.17 Å². The molecule has 4 heteroatoms. The zero-order chi connectivity index (χ0) is 19.6. The highest BCUT2D eigenvalue weighted by molar-refractivity contribution is 6.44. The van der Waals surface area contributed by atoms with Crippen molar-refractivity contribution in [1.29, 1.82) is 0 Å². The molecular weight excluding hydrogens is 354 g/mol. The van der Waals surface area contributed by atoms with Crippen molar-refractivity contribution in [2.24, 2.45) is 4.99 Å². The molecule has 0 saturated carbocycles.